The average molecular weight is 287 g/mol. The van der Waals surface area contributed by atoms with E-state index in [4.69, 9.17) is 4.74 Å². The lowest BCUT2D eigenvalue weighted by Gasteiger charge is -2.26. The van der Waals surface area contributed by atoms with Gasteiger partial charge in [-0.05, 0) is 74.8 Å². The Labute approximate surface area is 129 Å². The number of fused-ring (bicyclic) bond motifs is 1. The van der Waals surface area contributed by atoms with E-state index in [9.17, 15) is 0 Å². The summed E-state index contributed by atoms with van der Waals surface area (Å²) >= 11 is 0. The molecule has 1 unspecified atom stereocenters. The number of ether oxygens (including phenoxy) is 1. The minimum absolute atomic E-state index is 0.509. The predicted octanol–water partition coefficient (Wildman–Crippen LogP) is 4.80. The van der Waals surface area contributed by atoms with Crippen LogP contribution in [0, 0.1) is 0 Å². The molecule has 1 atom stereocenters. The fraction of sp³-hybridized carbons (Fsp3) is 0.579. The smallest absolute Gasteiger partial charge is 0.119 e. The lowest BCUT2D eigenvalue weighted by Crippen LogP contribution is -2.24. The van der Waals surface area contributed by atoms with Gasteiger partial charge in [0, 0.05) is 6.04 Å². The number of aryl methyl sites for hydroxylation is 1. The van der Waals surface area contributed by atoms with Crippen molar-refractivity contribution in [3.63, 3.8) is 0 Å². The quantitative estimate of drug-likeness (QED) is 0.520. The van der Waals surface area contributed by atoms with Gasteiger partial charge in [-0.1, -0.05) is 19.1 Å². The molecule has 0 aliphatic heterocycles. The second kappa shape index (κ2) is 8.89. The third-order valence-electron chi connectivity index (χ3n) is 4.20. The summed E-state index contributed by atoms with van der Waals surface area (Å²) < 4.78 is 5.93. The molecule has 0 amide bonds. The molecule has 0 spiro atoms. The monoisotopic (exact) mass is 287 g/mol. The van der Waals surface area contributed by atoms with Gasteiger partial charge in [0.25, 0.3) is 0 Å². The molecule has 2 rings (SSSR count). The first-order valence-corrected chi connectivity index (χ1v) is 8.45. The lowest BCUT2D eigenvalue weighted by molar-refractivity contribution is 0.304. The summed E-state index contributed by atoms with van der Waals surface area (Å²) in [5.41, 5.74) is 2.94. The summed E-state index contributed by atoms with van der Waals surface area (Å²) in [6.45, 7) is 7.78. The third kappa shape index (κ3) is 4.89. The van der Waals surface area contributed by atoms with E-state index in [0.29, 0.717) is 6.04 Å². The van der Waals surface area contributed by atoms with Gasteiger partial charge >= 0.3 is 0 Å². The largest absolute Gasteiger partial charge is 0.494 e. The zero-order valence-corrected chi connectivity index (χ0v) is 13.4. The first-order valence-electron chi connectivity index (χ1n) is 8.45. The fourth-order valence-electron chi connectivity index (χ4n) is 3.08. The Kier molecular flexibility index (Phi) is 6.81. The van der Waals surface area contributed by atoms with Crippen LogP contribution >= 0.6 is 0 Å². The van der Waals surface area contributed by atoms with Crippen LogP contribution in [0.1, 0.15) is 62.6 Å². The molecular weight excluding hydrogens is 258 g/mol. The molecule has 0 bridgehead atoms. The van der Waals surface area contributed by atoms with Gasteiger partial charge in [0.15, 0.2) is 0 Å². The van der Waals surface area contributed by atoms with Crippen molar-refractivity contribution < 1.29 is 4.74 Å². The van der Waals surface area contributed by atoms with Crippen LogP contribution in [0.3, 0.4) is 0 Å². The fourth-order valence-corrected chi connectivity index (χ4v) is 3.08. The average Bonchev–Trinajstić information content (AvgIpc) is 2.51. The van der Waals surface area contributed by atoms with E-state index in [0.717, 1.165) is 31.7 Å². The SMILES string of the molecule is C=CCCCCCOc1ccc2c(c1)C(NCC)CCC2. The highest BCUT2D eigenvalue weighted by Gasteiger charge is 2.19. The highest BCUT2D eigenvalue weighted by atomic mass is 16.5. The highest BCUT2D eigenvalue weighted by Crippen LogP contribution is 2.32. The van der Waals surface area contributed by atoms with Crippen LogP contribution in [0.2, 0.25) is 0 Å². The van der Waals surface area contributed by atoms with Crippen molar-refractivity contribution in [2.75, 3.05) is 13.2 Å². The molecule has 0 saturated carbocycles. The van der Waals surface area contributed by atoms with Crippen LogP contribution in [0.25, 0.3) is 0 Å². The minimum atomic E-state index is 0.509. The second-order valence-corrected chi connectivity index (χ2v) is 5.85. The first kappa shape index (κ1) is 16.1. The summed E-state index contributed by atoms with van der Waals surface area (Å²) in [4.78, 5) is 0. The van der Waals surface area contributed by atoms with Crippen LogP contribution in [-0.4, -0.2) is 13.2 Å². The van der Waals surface area contributed by atoms with Gasteiger partial charge in [-0.3, -0.25) is 0 Å². The van der Waals surface area contributed by atoms with E-state index in [1.54, 1.807) is 0 Å². The van der Waals surface area contributed by atoms with Gasteiger partial charge in [-0.2, -0.15) is 0 Å². The van der Waals surface area contributed by atoms with Gasteiger partial charge in [0.05, 0.1) is 6.61 Å². The van der Waals surface area contributed by atoms with Gasteiger partial charge in [0.2, 0.25) is 0 Å². The number of rotatable bonds is 9. The number of benzene rings is 1. The molecule has 116 valence electrons. The minimum Gasteiger partial charge on any atom is -0.494 e. The summed E-state index contributed by atoms with van der Waals surface area (Å²) in [6, 6.07) is 7.16. The van der Waals surface area contributed by atoms with Crippen LogP contribution in [-0.2, 0) is 6.42 Å². The van der Waals surface area contributed by atoms with Gasteiger partial charge in [-0.15, -0.1) is 6.58 Å². The van der Waals surface area contributed by atoms with Gasteiger partial charge in [0.1, 0.15) is 5.75 Å². The van der Waals surface area contributed by atoms with Crippen LogP contribution < -0.4 is 10.1 Å². The van der Waals surface area contributed by atoms with E-state index in [1.165, 1.54) is 43.2 Å². The van der Waals surface area contributed by atoms with E-state index in [1.807, 2.05) is 6.08 Å². The van der Waals surface area contributed by atoms with E-state index >= 15 is 0 Å². The number of unbranched alkanes of at least 4 members (excludes halogenated alkanes) is 3. The zero-order chi connectivity index (χ0) is 14.9. The Hall–Kier alpha value is -1.28. The molecule has 21 heavy (non-hydrogen) atoms. The second-order valence-electron chi connectivity index (χ2n) is 5.85. The van der Waals surface area contributed by atoms with Crippen molar-refractivity contribution in [3.8, 4) is 5.75 Å². The molecule has 0 radical (unpaired) electrons. The predicted molar refractivity (Wildman–Crippen MR) is 90.0 cm³/mol. The third-order valence-corrected chi connectivity index (χ3v) is 4.20. The van der Waals surface area contributed by atoms with Crippen molar-refractivity contribution in [2.24, 2.45) is 0 Å². The van der Waals surface area contributed by atoms with Crippen LogP contribution in [0.4, 0.5) is 0 Å². The molecule has 0 aromatic heterocycles. The van der Waals surface area contributed by atoms with Crippen molar-refractivity contribution in [1.29, 1.82) is 0 Å². The van der Waals surface area contributed by atoms with Crippen molar-refractivity contribution in [1.82, 2.24) is 5.32 Å². The summed E-state index contributed by atoms with van der Waals surface area (Å²) in [5, 5.41) is 3.59. The van der Waals surface area contributed by atoms with Crippen LogP contribution in [0.15, 0.2) is 30.9 Å². The van der Waals surface area contributed by atoms with Gasteiger partial charge in [-0.25, -0.2) is 0 Å². The number of hydrogen-bond donors (Lipinski definition) is 1. The molecule has 2 nitrogen and oxygen atoms in total. The van der Waals surface area contributed by atoms with Crippen molar-refractivity contribution >= 4 is 0 Å². The molecule has 0 heterocycles. The topological polar surface area (TPSA) is 21.3 Å². The summed E-state index contributed by atoms with van der Waals surface area (Å²) in [7, 11) is 0. The molecular formula is C19H29NO. The molecule has 1 aromatic rings. The number of hydrogen-bond acceptors (Lipinski definition) is 2. The highest BCUT2D eigenvalue weighted by molar-refractivity contribution is 5.39. The normalized spacial score (nSPS) is 17.3. The molecule has 1 aromatic carbocycles. The lowest BCUT2D eigenvalue weighted by atomic mass is 9.87. The Balaban J connectivity index is 1.87. The Morgan fingerprint density at radius 1 is 1.33 bits per heavy atom. The molecule has 1 aliphatic rings. The zero-order valence-electron chi connectivity index (χ0n) is 13.4. The molecule has 2 heteroatoms. The standard InChI is InChI=1S/C19H29NO/c1-3-5-6-7-8-14-21-17-13-12-16-10-9-11-19(20-4-2)18(16)15-17/h3,12-13,15,19-20H,1,4-11,14H2,2H3. The summed E-state index contributed by atoms with van der Waals surface area (Å²) in [6.07, 6.45) is 10.4. The summed E-state index contributed by atoms with van der Waals surface area (Å²) in [5.74, 6) is 1.03. The van der Waals surface area contributed by atoms with Crippen molar-refractivity contribution in [3.05, 3.63) is 42.0 Å². The Bertz CT molecular complexity index is 441. The maximum atomic E-state index is 5.93. The van der Waals surface area contributed by atoms with Gasteiger partial charge < -0.3 is 10.1 Å². The van der Waals surface area contributed by atoms with E-state index < -0.39 is 0 Å². The van der Waals surface area contributed by atoms with Crippen LogP contribution in [0.5, 0.6) is 5.75 Å². The number of allylic oxidation sites excluding steroid dienone is 1. The molecule has 0 saturated heterocycles. The first-order chi connectivity index (χ1) is 10.3. The van der Waals surface area contributed by atoms with E-state index in [2.05, 4.69) is 37.0 Å². The Morgan fingerprint density at radius 2 is 2.24 bits per heavy atom. The van der Waals surface area contributed by atoms with E-state index in [-0.39, 0.29) is 0 Å². The molecule has 1 N–H and O–H groups in total. The molecule has 0 fully saturated rings. The Morgan fingerprint density at radius 3 is 3.05 bits per heavy atom. The van der Waals surface area contributed by atoms with Crippen molar-refractivity contribution in [2.45, 2.75) is 57.9 Å². The maximum Gasteiger partial charge on any atom is 0.119 e. The number of nitrogens with one attached hydrogen (secondary N) is 1. The maximum absolute atomic E-state index is 5.93. The molecule has 1 aliphatic carbocycles.